The molecule has 0 spiro atoms. The molecule has 5 heteroatoms. The van der Waals surface area contributed by atoms with E-state index in [1.54, 1.807) is 0 Å². The predicted octanol–water partition coefficient (Wildman–Crippen LogP) is 3.46. The zero-order valence-corrected chi connectivity index (χ0v) is 10.2. The van der Waals surface area contributed by atoms with Gasteiger partial charge < -0.3 is 4.43 Å². The first kappa shape index (κ1) is 11.6. The molecule has 0 aliphatic heterocycles. The van der Waals surface area contributed by atoms with Gasteiger partial charge in [-0.1, -0.05) is 18.0 Å². The van der Waals surface area contributed by atoms with Crippen molar-refractivity contribution >= 4 is 8.32 Å². The minimum absolute atomic E-state index is 0.0699. The predicted molar refractivity (Wildman–Crippen MR) is 59.6 cm³/mol. The summed E-state index contributed by atoms with van der Waals surface area (Å²) in [5.41, 5.74) is 8.45. The van der Waals surface area contributed by atoms with Gasteiger partial charge in [0.1, 0.15) is 0 Å². The van der Waals surface area contributed by atoms with E-state index in [0.717, 1.165) is 19.3 Å². The highest BCUT2D eigenvalue weighted by Crippen LogP contribution is 2.26. The highest BCUT2D eigenvalue weighted by Gasteiger charge is 2.29. The standard InChI is InChI=1S/C9H19N3OSi/c1-14(2,3)13-9-7-5-4-6-8(9)11-12-10/h8-9H,4-7H2,1-3H3. The fourth-order valence-electron chi connectivity index (χ4n) is 1.87. The maximum Gasteiger partial charge on any atom is 0.184 e. The van der Waals surface area contributed by atoms with Gasteiger partial charge in [-0.05, 0) is 38.0 Å². The lowest BCUT2D eigenvalue weighted by Gasteiger charge is -2.33. The van der Waals surface area contributed by atoms with E-state index in [0.29, 0.717) is 0 Å². The summed E-state index contributed by atoms with van der Waals surface area (Å²) >= 11 is 0. The van der Waals surface area contributed by atoms with E-state index in [4.69, 9.17) is 9.96 Å². The second kappa shape index (κ2) is 4.82. The molecule has 1 aliphatic carbocycles. The van der Waals surface area contributed by atoms with E-state index in [2.05, 4.69) is 29.7 Å². The van der Waals surface area contributed by atoms with Crippen LogP contribution in [0.25, 0.3) is 10.4 Å². The van der Waals surface area contributed by atoms with Gasteiger partial charge in [-0.15, -0.1) is 0 Å². The largest absolute Gasteiger partial charge is 0.414 e. The van der Waals surface area contributed by atoms with Crippen LogP contribution in [-0.2, 0) is 4.43 Å². The summed E-state index contributed by atoms with van der Waals surface area (Å²) in [5, 5.41) is 3.83. The monoisotopic (exact) mass is 213 g/mol. The Labute approximate surface area is 86.4 Å². The molecule has 80 valence electrons. The van der Waals surface area contributed by atoms with Crippen molar-refractivity contribution in [3.63, 3.8) is 0 Å². The van der Waals surface area contributed by atoms with E-state index < -0.39 is 8.32 Å². The number of rotatable bonds is 3. The highest BCUT2D eigenvalue weighted by molar-refractivity contribution is 6.69. The molecule has 1 fully saturated rings. The van der Waals surface area contributed by atoms with E-state index in [1.807, 2.05) is 0 Å². The molecular weight excluding hydrogens is 194 g/mol. The third-order valence-electron chi connectivity index (χ3n) is 2.37. The quantitative estimate of drug-likeness (QED) is 0.306. The molecule has 0 heterocycles. The molecule has 0 saturated heterocycles. The molecule has 1 rings (SSSR count). The van der Waals surface area contributed by atoms with Gasteiger partial charge in [-0.2, -0.15) is 0 Å². The molecule has 0 aromatic heterocycles. The average Bonchev–Trinajstić information content (AvgIpc) is 2.06. The Bertz CT molecular complexity index is 233. The van der Waals surface area contributed by atoms with Crippen molar-refractivity contribution in [2.24, 2.45) is 5.11 Å². The molecule has 14 heavy (non-hydrogen) atoms. The van der Waals surface area contributed by atoms with E-state index >= 15 is 0 Å². The molecule has 2 unspecified atom stereocenters. The third-order valence-corrected chi connectivity index (χ3v) is 3.38. The summed E-state index contributed by atoms with van der Waals surface area (Å²) in [6, 6.07) is 0.0699. The van der Waals surface area contributed by atoms with Crippen molar-refractivity contribution in [3.8, 4) is 0 Å². The molecule has 1 aliphatic rings. The van der Waals surface area contributed by atoms with Crippen molar-refractivity contribution in [2.45, 2.75) is 57.5 Å². The maximum atomic E-state index is 8.45. The van der Waals surface area contributed by atoms with Gasteiger partial charge in [-0.25, -0.2) is 0 Å². The SMILES string of the molecule is C[Si](C)(C)OC1CCCCC1N=[N+]=[N-]. The fourth-order valence-corrected chi connectivity index (χ4v) is 3.05. The van der Waals surface area contributed by atoms with Crippen LogP contribution < -0.4 is 0 Å². The second-order valence-electron chi connectivity index (χ2n) is 4.83. The van der Waals surface area contributed by atoms with E-state index in [-0.39, 0.29) is 12.1 Å². The molecule has 2 atom stereocenters. The van der Waals surface area contributed by atoms with Crippen LogP contribution in [-0.4, -0.2) is 20.5 Å². The summed E-state index contributed by atoms with van der Waals surface area (Å²) in [6.45, 7) is 6.53. The maximum absolute atomic E-state index is 8.45. The Kier molecular flexibility index (Phi) is 3.98. The Balaban J connectivity index is 2.58. The van der Waals surface area contributed by atoms with Crippen LogP contribution in [0.15, 0.2) is 5.11 Å². The van der Waals surface area contributed by atoms with E-state index in [1.165, 1.54) is 6.42 Å². The number of hydrogen-bond donors (Lipinski definition) is 0. The lowest BCUT2D eigenvalue weighted by atomic mass is 9.93. The van der Waals surface area contributed by atoms with Gasteiger partial charge in [0, 0.05) is 4.91 Å². The van der Waals surface area contributed by atoms with Crippen molar-refractivity contribution in [2.75, 3.05) is 0 Å². The topological polar surface area (TPSA) is 58.0 Å². The van der Waals surface area contributed by atoms with Gasteiger partial charge >= 0.3 is 0 Å². The third kappa shape index (κ3) is 3.70. The molecule has 0 N–H and O–H groups in total. The Morgan fingerprint density at radius 2 is 1.93 bits per heavy atom. The normalized spacial score (nSPS) is 28.2. The van der Waals surface area contributed by atoms with Crippen LogP contribution >= 0.6 is 0 Å². The highest BCUT2D eigenvalue weighted by atomic mass is 28.4. The van der Waals surface area contributed by atoms with Gasteiger partial charge in [0.05, 0.1) is 12.1 Å². The first-order valence-electron chi connectivity index (χ1n) is 5.25. The summed E-state index contributed by atoms with van der Waals surface area (Å²) in [5.74, 6) is 0. The Morgan fingerprint density at radius 3 is 2.50 bits per heavy atom. The average molecular weight is 213 g/mol. The second-order valence-corrected chi connectivity index (χ2v) is 9.29. The summed E-state index contributed by atoms with van der Waals surface area (Å²) < 4.78 is 6.02. The number of azide groups is 1. The minimum atomic E-state index is -1.50. The van der Waals surface area contributed by atoms with Crippen LogP contribution in [0.4, 0.5) is 0 Å². The van der Waals surface area contributed by atoms with Crippen LogP contribution in [0.1, 0.15) is 25.7 Å². The summed E-state index contributed by atoms with van der Waals surface area (Å²) in [4.78, 5) is 2.90. The van der Waals surface area contributed by atoms with Crippen LogP contribution in [0.2, 0.25) is 19.6 Å². The first-order chi connectivity index (χ1) is 6.53. The Morgan fingerprint density at radius 1 is 1.29 bits per heavy atom. The van der Waals surface area contributed by atoms with Gasteiger partial charge in [0.2, 0.25) is 0 Å². The summed E-state index contributed by atoms with van der Waals surface area (Å²) in [7, 11) is -1.50. The minimum Gasteiger partial charge on any atom is -0.414 e. The molecule has 0 bridgehead atoms. The van der Waals surface area contributed by atoms with E-state index in [9.17, 15) is 0 Å². The molecular formula is C9H19N3OSi. The van der Waals surface area contributed by atoms with Crippen molar-refractivity contribution in [3.05, 3.63) is 10.4 Å². The van der Waals surface area contributed by atoms with Crippen LogP contribution in [0.3, 0.4) is 0 Å². The zero-order valence-electron chi connectivity index (χ0n) is 9.23. The molecule has 0 aromatic carbocycles. The van der Waals surface area contributed by atoms with Crippen LogP contribution in [0, 0.1) is 0 Å². The van der Waals surface area contributed by atoms with Gasteiger partial charge in [-0.3, -0.25) is 0 Å². The number of nitrogens with zero attached hydrogens (tertiary/aromatic N) is 3. The summed E-state index contributed by atoms with van der Waals surface area (Å²) in [6.07, 6.45) is 4.57. The van der Waals surface area contributed by atoms with Crippen molar-refractivity contribution in [1.29, 1.82) is 0 Å². The lowest BCUT2D eigenvalue weighted by Crippen LogP contribution is -2.39. The zero-order chi connectivity index (χ0) is 10.6. The van der Waals surface area contributed by atoms with Crippen LogP contribution in [0.5, 0.6) is 0 Å². The first-order valence-corrected chi connectivity index (χ1v) is 8.66. The van der Waals surface area contributed by atoms with Crippen molar-refractivity contribution < 1.29 is 4.43 Å². The lowest BCUT2D eigenvalue weighted by molar-refractivity contribution is 0.125. The fraction of sp³-hybridized carbons (Fsp3) is 1.00. The Hall–Kier alpha value is -0.513. The molecule has 0 aromatic rings. The smallest absolute Gasteiger partial charge is 0.184 e. The van der Waals surface area contributed by atoms with Crippen molar-refractivity contribution in [1.82, 2.24) is 0 Å². The molecule has 4 nitrogen and oxygen atoms in total. The molecule has 0 amide bonds. The van der Waals surface area contributed by atoms with Gasteiger partial charge in [0.25, 0.3) is 0 Å². The number of hydrogen-bond acceptors (Lipinski definition) is 2. The molecule has 1 saturated carbocycles. The molecule has 0 radical (unpaired) electrons. The van der Waals surface area contributed by atoms with Gasteiger partial charge in [0.15, 0.2) is 8.32 Å².